The zero-order valence-electron chi connectivity index (χ0n) is 8.95. The van der Waals surface area contributed by atoms with E-state index in [0.29, 0.717) is 0 Å². The molecule has 78 valence electrons. The van der Waals surface area contributed by atoms with Crippen LogP contribution in [0.1, 0.15) is 0 Å². The van der Waals surface area contributed by atoms with E-state index in [9.17, 15) is 0 Å². The highest BCUT2D eigenvalue weighted by Crippen LogP contribution is 2.24. The SMILES string of the molecule is C=C[Si](C=C)(OC)[Si](C=C)(C=C)OC. The van der Waals surface area contributed by atoms with Crippen LogP contribution in [0.2, 0.25) is 0 Å². The summed E-state index contributed by atoms with van der Waals surface area (Å²) in [5.74, 6) is 0. The van der Waals surface area contributed by atoms with Gasteiger partial charge in [0.1, 0.15) is 0 Å². The summed E-state index contributed by atoms with van der Waals surface area (Å²) >= 11 is 0. The molecule has 0 radical (unpaired) electrons. The average Bonchev–Trinajstić information content (AvgIpc) is 2.27. The maximum atomic E-state index is 5.57. The van der Waals surface area contributed by atoms with Crippen molar-refractivity contribution in [3.63, 3.8) is 0 Å². The molecular formula is C10H18O2Si2. The largest absolute Gasteiger partial charge is 0.412 e. The Bertz CT molecular complexity index is 207. The second-order valence-electron chi connectivity index (χ2n) is 2.81. The maximum Gasteiger partial charge on any atom is 0.265 e. The number of hydrogen-bond donors (Lipinski definition) is 0. The molecule has 0 saturated carbocycles. The molecule has 0 aromatic heterocycles. The fourth-order valence-electron chi connectivity index (χ4n) is 1.46. The van der Waals surface area contributed by atoms with Crippen LogP contribution in [-0.2, 0) is 8.85 Å². The third-order valence-corrected chi connectivity index (χ3v) is 14.8. The Morgan fingerprint density at radius 2 is 0.929 bits per heavy atom. The van der Waals surface area contributed by atoms with Crippen LogP contribution in [0.4, 0.5) is 0 Å². The zero-order valence-corrected chi connectivity index (χ0v) is 11.0. The smallest absolute Gasteiger partial charge is 0.265 e. The Hall–Kier alpha value is -0.686. The summed E-state index contributed by atoms with van der Waals surface area (Å²) in [5, 5.41) is 0. The van der Waals surface area contributed by atoms with Crippen molar-refractivity contribution in [3.8, 4) is 0 Å². The molecule has 0 N–H and O–H groups in total. The van der Waals surface area contributed by atoms with Crippen molar-refractivity contribution < 1.29 is 8.85 Å². The Balaban J connectivity index is 5.52. The lowest BCUT2D eigenvalue weighted by Crippen LogP contribution is -2.62. The van der Waals surface area contributed by atoms with Crippen molar-refractivity contribution in [2.24, 2.45) is 0 Å². The van der Waals surface area contributed by atoms with Crippen molar-refractivity contribution in [1.29, 1.82) is 0 Å². The molecule has 0 rings (SSSR count). The molecule has 0 atom stereocenters. The molecule has 2 nitrogen and oxygen atoms in total. The fourth-order valence-corrected chi connectivity index (χ4v) is 10.1. The first-order chi connectivity index (χ1) is 6.61. The summed E-state index contributed by atoms with van der Waals surface area (Å²) in [6.07, 6.45) is 0. The van der Waals surface area contributed by atoms with Crippen LogP contribution >= 0.6 is 0 Å². The van der Waals surface area contributed by atoms with Crippen molar-refractivity contribution in [2.75, 3.05) is 14.2 Å². The van der Waals surface area contributed by atoms with Gasteiger partial charge in [0.05, 0.1) is 0 Å². The molecule has 0 aliphatic heterocycles. The van der Waals surface area contributed by atoms with Gasteiger partial charge in [-0.3, -0.25) is 0 Å². The molecule has 0 aliphatic rings. The summed E-state index contributed by atoms with van der Waals surface area (Å²) in [4.78, 5) is 0. The Kier molecular flexibility index (Phi) is 5.00. The standard InChI is InChI=1S/C10H18O2Si2/c1-7-13(8-2,11-5)14(9-3,10-4)12-6/h7-10H,1-4H2,5-6H3. The maximum absolute atomic E-state index is 5.57. The molecule has 0 aromatic carbocycles. The van der Waals surface area contributed by atoms with Crippen LogP contribution in [0.15, 0.2) is 49.1 Å². The van der Waals surface area contributed by atoms with Gasteiger partial charge < -0.3 is 8.85 Å². The highest BCUT2D eigenvalue weighted by atomic mass is 29.3. The highest BCUT2D eigenvalue weighted by Gasteiger charge is 2.51. The fraction of sp³-hybridized carbons (Fsp3) is 0.200. The summed E-state index contributed by atoms with van der Waals surface area (Å²) in [6, 6.07) is 0. The van der Waals surface area contributed by atoms with Crippen molar-refractivity contribution >= 4 is 15.7 Å². The second-order valence-corrected chi connectivity index (χ2v) is 13.1. The van der Waals surface area contributed by atoms with Crippen molar-refractivity contribution in [3.05, 3.63) is 49.1 Å². The van der Waals surface area contributed by atoms with Gasteiger partial charge in [-0.15, -0.1) is 26.3 Å². The van der Waals surface area contributed by atoms with Crippen molar-refractivity contribution in [2.45, 2.75) is 0 Å². The molecule has 4 heteroatoms. The van der Waals surface area contributed by atoms with E-state index < -0.39 is 15.7 Å². The topological polar surface area (TPSA) is 18.5 Å². The summed E-state index contributed by atoms with van der Waals surface area (Å²) < 4.78 is 11.1. The molecule has 0 spiro atoms. The summed E-state index contributed by atoms with van der Waals surface area (Å²) in [6.45, 7) is 15.2. The van der Waals surface area contributed by atoms with E-state index in [1.807, 2.05) is 22.8 Å². The van der Waals surface area contributed by atoms with Crippen molar-refractivity contribution in [1.82, 2.24) is 0 Å². The molecule has 0 bridgehead atoms. The third kappa shape index (κ3) is 1.74. The Labute approximate surface area is 88.3 Å². The van der Waals surface area contributed by atoms with E-state index in [2.05, 4.69) is 26.3 Å². The molecule has 0 unspecified atom stereocenters. The Morgan fingerprint density at radius 1 is 0.714 bits per heavy atom. The van der Waals surface area contributed by atoms with E-state index in [-0.39, 0.29) is 0 Å². The first-order valence-electron chi connectivity index (χ1n) is 4.26. The first-order valence-corrected chi connectivity index (χ1v) is 9.39. The monoisotopic (exact) mass is 226 g/mol. The summed E-state index contributed by atoms with van der Waals surface area (Å²) in [5.41, 5.74) is 7.27. The normalized spacial score (nSPS) is 11.9. The second kappa shape index (κ2) is 5.26. The lowest BCUT2D eigenvalue weighted by atomic mass is 11.2. The molecule has 0 heterocycles. The quantitative estimate of drug-likeness (QED) is 0.619. The van der Waals surface area contributed by atoms with Gasteiger partial charge in [-0.05, 0) is 0 Å². The summed E-state index contributed by atoms with van der Waals surface area (Å²) in [7, 11) is -1.27. The number of hydrogen-bond acceptors (Lipinski definition) is 2. The van der Waals surface area contributed by atoms with Crippen LogP contribution in [0.3, 0.4) is 0 Å². The molecule has 0 aromatic rings. The molecular weight excluding hydrogens is 208 g/mol. The highest BCUT2D eigenvalue weighted by molar-refractivity contribution is 7.45. The van der Waals surface area contributed by atoms with Gasteiger partial charge >= 0.3 is 0 Å². The molecule has 0 saturated heterocycles. The zero-order chi connectivity index (χ0) is 11.2. The van der Waals surface area contributed by atoms with Crippen LogP contribution in [-0.4, -0.2) is 29.9 Å². The van der Waals surface area contributed by atoms with E-state index >= 15 is 0 Å². The van der Waals surface area contributed by atoms with Gasteiger partial charge in [0.25, 0.3) is 15.7 Å². The van der Waals surface area contributed by atoms with Crippen LogP contribution in [0.5, 0.6) is 0 Å². The minimum Gasteiger partial charge on any atom is -0.412 e. The van der Waals surface area contributed by atoms with Crippen LogP contribution in [0.25, 0.3) is 0 Å². The molecule has 0 amide bonds. The van der Waals surface area contributed by atoms with Gasteiger partial charge in [0.15, 0.2) is 0 Å². The van der Waals surface area contributed by atoms with Gasteiger partial charge in [-0.2, -0.15) is 0 Å². The van der Waals surface area contributed by atoms with Gasteiger partial charge in [-0.25, -0.2) is 0 Å². The first kappa shape index (κ1) is 13.3. The lowest BCUT2D eigenvalue weighted by Gasteiger charge is -2.36. The third-order valence-electron chi connectivity index (χ3n) is 2.50. The van der Waals surface area contributed by atoms with E-state index in [0.717, 1.165) is 0 Å². The lowest BCUT2D eigenvalue weighted by molar-refractivity contribution is 0.391. The number of rotatable bonds is 7. The van der Waals surface area contributed by atoms with Gasteiger partial charge in [0, 0.05) is 14.2 Å². The van der Waals surface area contributed by atoms with Gasteiger partial charge in [-0.1, -0.05) is 22.8 Å². The minimum atomic E-state index is -2.29. The molecule has 0 fully saturated rings. The average molecular weight is 226 g/mol. The van der Waals surface area contributed by atoms with Gasteiger partial charge in [0.2, 0.25) is 0 Å². The molecule has 0 aliphatic carbocycles. The Morgan fingerprint density at radius 3 is 1.00 bits per heavy atom. The van der Waals surface area contributed by atoms with E-state index in [1.165, 1.54) is 0 Å². The predicted molar refractivity (Wildman–Crippen MR) is 66.3 cm³/mol. The predicted octanol–water partition coefficient (Wildman–Crippen LogP) is 2.15. The van der Waals surface area contributed by atoms with Crippen LogP contribution in [0, 0.1) is 0 Å². The van der Waals surface area contributed by atoms with E-state index in [1.54, 1.807) is 14.2 Å². The van der Waals surface area contributed by atoms with E-state index in [4.69, 9.17) is 8.85 Å². The molecule has 14 heavy (non-hydrogen) atoms. The van der Waals surface area contributed by atoms with Crippen LogP contribution < -0.4 is 0 Å². The minimum absolute atomic E-state index is 1.66.